The Morgan fingerprint density at radius 1 is 0.527 bits per heavy atom. The van der Waals surface area contributed by atoms with Crippen LogP contribution in [0.15, 0.2) is 0 Å². The van der Waals surface area contributed by atoms with Gasteiger partial charge in [-0.3, -0.25) is 71.9 Å². The first-order chi connectivity index (χ1) is 34.4. The number of carbonyl (C=O) groups is 15. The minimum absolute atomic E-state index is 0.0623. The number of aliphatic hydroxyl groups is 1. The standard InChI is InChI=1S/C42H67N13O19/c1-18(2)13-23(52-39(71)25(15-28(44)58)53-37(69)21(7-10-32(63)64)50-41(73)34(46)19(3)56)38(70)51-22(8-11-33(65)66)42(74)55-12-4-5-26(55)40(72)54-24(14-27(43)57)36(68)48-17-30(60)49-20(6-9-31(61)62)35(67)47-16-29(45)59/h18-26,34,56H,4-17,46H2,1-3H3,(H2,43,57)(H2,44,58)(H2,45,59)(H,47,67)(H,48,68)(H,49,60)(H,50,73)(H,51,70)(H,52,71)(H,53,69)(H,54,72)(H,61,62)(H,63,64)(H,65,66). The number of hydrogen-bond donors (Lipinski definition) is 16. The fraction of sp³-hybridized carbons (Fsp3) is 0.643. The molecule has 32 nitrogen and oxygen atoms in total. The van der Waals surface area contributed by atoms with Gasteiger partial charge in [-0.2, -0.15) is 0 Å². The largest absolute Gasteiger partial charge is 0.481 e. The highest BCUT2D eigenvalue weighted by atomic mass is 16.4. The van der Waals surface area contributed by atoms with Crippen molar-refractivity contribution >= 4 is 88.8 Å². The summed E-state index contributed by atoms with van der Waals surface area (Å²) < 4.78 is 0. The molecule has 9 atom stereocenters. The summed E-state index contributed by atoms with van der Waals surface area (Å²) in [6.07, 6.45) is -6.80. The average molecular weight is 1060 g/mol. The highest BCUT2D eigenvalue weighted by Gasteiger charge is 2.41. The normalized spacial score (nSPS) is 16.2. The van der Waals surface area contributed by atoms with Gasteiger partial charge in [-0.05, 0) is 51.4 Å². The minimum atomic E-state index is -1.86. The maximum Gasteiger partial charge on any atom is 0.303 e. The van der Waals surface area contributed by atoms with Crippen LogP contribution in [0.2, 0.25) is 0 Å². The van der Waals surface area contributed by atoms with E-state index in [0.717, 1.165) is 4.90 Å². The summed E-state index contributed by atoms with van der Waals surface area (Å²) in [4.78, 5) is 190. The number of amides is 12. The molecule has 0 radical (unpaired) electrons. The second kappa shape index (κ2) is 31.4. The highest BCUT2D eigenvalue weighted by molar-refractivity contribution is 6.00. The van der Waals surface area contributed by atoms with Crippen LogP contribution in [0, 0.1) is 5.92 Å². The first-order valence-corrected chi connectivity index (χ1v) is 23.0. The summed E-state index contributed by atoms with van der Waals surface area (Å²) in [7, 11) is 0. The molecule has 0 bridgehead atoms. The van der Waals surface area contributed by atoms with Crippen molar-refractivity contribution in [2.24, 2.45) is 28.9 Å². The van der Waals surface area contributed by atoms with Gasteiger partial charge in [0.25, 0.3) is 0 Å². The monoisotopic (exact) mass is 1060 g/mol. The van der Waals surface area contributed by atoms with Gasteiger partial charge in [0.1, 0.15) is 48.3 Å². The van der Waals surface area contributed by atoms with Gasteiger partial charge >= 0.3 is 17.9 Å². The Kier molecular flexibility index (Phi) is 27.2. The van der Waals surface area contributed by atoms with Gasteiger partial charge in [-0.15, -0.1) is 0 Å². The van der Waals surface area contributed by atoms with Gasteiger partial charge in [0, 0.05) is 25.8 Å². The SMILES string of the molecule is CC(C)CC(NC(=O)C(CC(N)=O)NC(=O)C(CCC(=O)O)NC(=O)C(N)C(C)O)C(=O)NC(CCC(=O)O)C(=O)N1CCCC1C(=O)NC(CC(N)=O)C(=O)NCC(=O)NC(CCC(=O)O)C(=O)NCC(N)=O. The highest BCUT2D eigenvalue weighted by Crippen LogP contribution is 2.21. The van der Waals surface area contributed by atoms with Gasteiger partial charge in [-0.25, -0.2) is 0 Å². The second-order valence-electron chi connectivity index (χ2n) is 17.6. The number of aliphatic hydroxyl groups excluding tert-OH is 1. The summed E-state index contributed by atoms with van der Waals surface area (Å²) in [5.41, 5.74) is 21.3. The van der Waals surface area contributed by atoms with E-state index in [4.69, 9.17) is 28.0 Å². The predicted molar refractivity (Wildman–Crippen MR) is 249 cm³/mol. The number of nitrogens with zero attached hydrogens (tertiary/aromatic N) is 1. The van der Waals surface area contributed by atoms with E-state index in [1.165, 1.54) is 6.92 Å². The molecule has 0 spiro atoms. The Hall–Kier alpha value is -8.03. The fourth-order valence-corrected chi connectivity index (χ4v) is 7.03. The molecule has 0 aliphatic carbocycles. The first-order valence-electron chi connectivity index (χ1n) is 23.0. The molecular weight excluding hydrogens is 991 g/mol. The van der Waals surface area contributed by atoms with Crippen LogP contribution in [0.5, 0.6) is 0 Å². The summed E-state index contributed by atoms with van der Waals surface area (Å²) in [6, 6.07) is -13.1. The van der Waals surface area contributed by atoms with Gasteiger partial charge in [0.15, 0.2) is 0 Å². The van der Waals surface area contributed by atoms with Crippen molar-refractivity contribution in [2.45, 2.75) is 146 Å². The summed E-state index contributed by atoms with van der Waals surface area (Å²) in [5.74, 6) is -17.5. The molecule has 1 aliphatic heterocycles. The molecule has 1 heterocycles. The van der Waals surface area contributed by atoms with Gasteiger partial charge in [-0.1, -0.05) is 13.8 Å². The molecule has 1 saturated heterocycles. The Labute approximate surface area is 422 Å². The average Bonchev–Trinajstić information content (AvgIpc) is 3.80. The van der Waals surface area contributed by atoms with Crippen LogP contribution < -0.4 is 65.5 Å². The van der Waals surface area contributed by atoms with E-state index in [1.807, 2.05) is 0 Å². The molecule has 0 aromatic heterocycles. The molecule has 0 saturated carbocycles. The first kappa shape index (κ1) is 64.0. The van der Waals surface area contributed by atoms with E-state index in [9.17, 15) is 87.2 Å². The van der Waals surface area contributed by atoms with Crippen LogP contribution in [0.4, 0.5) is 0 Å². The Bertz CT molecular complexity index is 2120. The molecule has 12 amide bonds. The Balaban J connectivity index is 3.37. The maximum atomic E-state index is 14.2. The number of rotatable bonds is 34. The maximum absolute atomic E-state index is 14.2. The van der Waals surface area contributed by atoms with Crippen molar-refractivity contribution in [3.63, 3.8) is 0 Å². The zero-order valence-electron chi connectivity index (χ0n) is 40.8. The lowest BCUT2D eigenvalue weighted by Crippen LogP contribution is -2.60. The number of carbonyl (C=O) groups excluding carboxylic acids is 12. The number of likely N-dealkylation sites (tertiary alicyclic amines) is 1. The third kappa shape index (κ3) is 23.9. The summed E-state index contributed by atoms with van der Waals surface area (Å²) in [5, 5.41) is 55.3. The van der Waals surface area contributed by atoms with Crippen LogP contribution in [0.1, 0.15) is 91.4 Å². The van der Waals surface area contributed by atoms with Crippen LogP contribution in [0.25, 0.3) is 0 Å². The number of carboxylic acids is 3. The molecule has 1 aliphatic rings. The molecule has 0 aromatic rings. The van der Waals surface area contributed by atoms with Crippen molar-refractivity contribution in [2.75, 3.05) is 19.6 Å². The summed E-state index contributed by atoms with van der Waals surface area (Å²) in [6.45, 7) is 2.72. The third-order valence-electron chi connectivity index (χ3n) is 10.8. The number of nitrogens with two attached hydrogens (primary N) is 4. The molecule has 74 heavy (non-hydrogen) atoms. The minimum Gasteiger partial charge on any atom is -0.481 e. The van der Waals surface area contributed by atoms with E-state index < -0.39 is 214 Å². The van der Waals surface area contributed by atoms with E-state index in [2.05, 4.69) is 42.5 Å². The topological polar surface area (TPSA) is 541 Å². The van der Waals surface area contributed by atoms with E-state index in [1.54, 1.807) is 13.8 Å². The van der Waals surface area contributed by atoms with Gasteiger partial charge in [0.2, 0.25) is 70.9 Å². The Morgan fingerprint density at radius 3 is 1.43 bits per heavy atom. The molecule has 9 unspecified atom stereocenters. The van der Waals surface area contributed by atoms with Crippen molar-refractivity contribution in [1.29, 1.82) is 0 Å². The smallest absolute Gasteiger partial charge is 0.303 e. The van der Waals surface area contributed by atoms with Crippen molar-refractivity contribution in [1.82, 2.24) is 47.4 Å². The molecule has 1 fully saturated rings. The molecule has 0 aromatic carbocycles. The Morgan fingerprint density at radius 2 is 0.946 bits per heavy atom. The third-order valence-corrected chi connectivity index (χ3v) is 10.8. The zero-order chi connectivity index (χ0) is 56.6. The van der Waals surface area contributed by atoms with Gasteiger partial charge < -0.3 is 90.8 Å². The number of carboxylic acid groups (broad SMARTS) is 3. The van der Waals surface area contributed by atoms with Crippen molar-refractivity contribution in [3.05, 3.63) is 0 Å². The quantitative estimate of drug-likeness (QED) is 0.0285. The zero-order valence-corrected chi connectivity index (χ0v) is 40.8. The van der Waals surface area contributed by atoms with Crippen LogP contribution in [0.3, 0.4) is 0 Å². The van der Waals surface area contributed by atoms with Crippen molar-refractivity contribution in [3.8, 4) is 0 Å². The van der Waals surface area contributed by atoms with Crippen LogP contribution >= 0.6 is 0 Å². The number of primary amides is 3. The van der Waals surface area contributed by atoms with Gasteiger partial charge in [0.05, 0.1) is 32.0 Å². The predicted octanol–water partition coefficient (Wildman–Crippen LogP) is -8.30. The molecular formula is C42H67N13O19. The van der Waals surface area contributed by atoms with Crippen LogP contribution in [-0.4, -0.2) is 188 Å². The molecule has 414 valence electrons. The van der Waals surface area contributed by atoms with Crippen molar-refractivity contribution < 1.29 is 92.3 Å². The number of nitrogens with one attached hydrogen (secondary N) is 8. The lowest BCUT2D eigenvalue weighted by Gasteiger charge is -2.31. The number of aliphatic carboxylic acids is 3. The van der Waals surface area contributed by atoms with Crippen LogP contribution in [-0.2, 0) is 71.9 Å². The van der Waals surface area contributed by atoms with E-state index in [0.29, 0.717) is 0 Å². The number of hydrogen-bond acceptors (Lipinski definition) is 17. The fourth-order valence-electron chi connectivity index (χ4n) is 7.03. The molecule has 32 heteroatoms. The summed E-state index contributed by atoms with van der Waals surface area (Å²) >= 11 is 0. The van der Waals surface area contributed by atoms with E-state index in [-0.39, 0.29) is 25.8 Å². The lowest BCUT2D eigenvalue weighted by molar-refractivity contribution is -0.144. The molecule has 20 N–H and O–H groups in total. The van der Waals surface area contributed by atoms with E-state index >= 15 is 0 Å². The lowest BCUT2D eigenvalue weighted by atomic mass is 10.0. The molecule has 1 rings (SSSR count). The second-order valence-corrected chi connectivity index (χ2v) is 17.6.